The highest BCUT2D eigenvalue weighted by Gasteiger charge is 2.35. The topological polar surface area (TPSA) is 40.6 Å². The third-order valence-corrected chi connectivity index (χ3v) is 5.22. The zero-order valence-corrected chi connectivity index (χ0v) is 15.5. The van der Waals surface area contributed by atoms with Crippen molar-refractivity contribution in [1.29, 1.82) is 0 Å². The molecule has 0 N–H and O–H groups in total. The molecule has 1 saturated heterocycles. The second kappa shape index (κ2) is 7.06. The number of carbonyl (C=O) groups is 2. The van der Waals surface area contributed by atoms with Gasteiger partial charge >= 0.3 is 0 Å². The molecular formula is C19H18Cl2N2O2. The van der Waals surface area contributed by atoms with E-state index in [4.69, 9.17) is 23.2 Å². The molecule has 1 atom stereocenters. The number of hydrogen-bond donors (Lipinski definition) is 0. The predicted octanol–water partition coefficient (Wildman–Crippen LogP) is 4.18. The van der Waals surface area contributed by atoms with Crippen LogP contribution in [0.15, 0.2) is 42.5 Å². The molecule has 130 valence electrons. The van der Waals surface area contributed by atoms with E-state index in [0.717, 1.165) is 11.3 Å². The second-order valence-electron chi connectivity index (χ2n) is 6.08. The molecule has 2 aromatic rings. The van der Waals surface area contributed by atoms with E-state index in [0.29, 0.717) is 28.7 Å². The molecule has 0 spiro atoms. The Hall–Kier alpha value is -2.04. The number of halogens is 2. The molecular weight excluding hydrogens is 359 g/mol. The number of carbonyl (C=O) groups excluding carboxylic acids is 2. The molecule has 0 saturated carbocycles. The Kier molecular flexibility index (Phi) is 5.02. The van der Waals surface area contributed by atoms with E-state index in [1.54, 1.807) is 47.1 Å². The number of benzene rings is 2. The van der Waals surface area contributed by atoms with Crippen LogP contribution in [0.4, 0.5) is 5.69 Å². The van der Waals surface area contributed by atoms with Crippen molar-refractivity contribution in [3.05, 3.63) is 63.6 Å². The van der Waals surface area contributed by atoms with E-state index < -0.39 is 6.04 Å². The SMILES string of the molecule is Cc1ccc(N2CCN(C(=O)c3ccccc3Cl)[C@H](C)C2=O)cc1Cl. The lowest BCUT2D eigenvalue weighted by atomic mass is 10.1. The Morgan fingerprint density at radius 2 is 1.80 bits per heavy atom. The van der Waals surface area contributed by atoms with E-state index in [2.05, 4.69) is 0 Å². The summed E-state index contributed by atoms with van der Waals surface area (Å²) in [4.78, 5) is 28.8. The van der Waals surface area contributed by atoms with Gasteiger partial charge in [0.15, 0.2) is 0 Å². The summed E-state index contributed by atoms with van der Waals surface area (Å²) in [6.45, 7) is 4.50. The first-order chi connectivity index (χ1) is 11.9. The lowest BCUT2D eigenvalue weighted by Crippen LogP contribution is -2.57. The number of nitrogens with zero attached hydrogens (tertiary/aromatic N) is 2. The van der Waals surface area contributed by atoms with Crippen LogP contribution in [0.25, 0.3) is 0 Å². The molecule has 4 nitrogen and oxygen atoms in total. The Labute approximate surface area is 156 Å². The highest BCUT2D eigenvalue weighted by molar-refractivity contribution is 6.34. The highest BCUT2D eigenvalue weighted by Crippen LogP contribution is 2.27. The van der Waals surface area contributed by atoms with Crippen molar-refractivity contribution in [2.24, 2.45) is 0 Å². The standard InChI is InChI=1S/C19H18Cl2N2O2/c1-12-7-8-14(11-17(12)21)23-10-9-22(13(2)18(23)24)19(25)15-5-3-4-6-16(15)20/h3-8,11,13H,9-10H2,1-2H3/t13-/m1/s1. The van der Waals surface area contributed by atoms with Crippen LogP contribution in [0, 0.1) is 6.92 Å². The van der Waals surface area contributed by atoms with Crippen LogP contribution in [0.2, 0.25) is 10.0 Å². The van der Waals surface area contributed by atoms with Gasteiger partial charge in [-0.2, -0.15) is 0 Å². The summed E-state index contributed by atoms with van der Waals surface area (Å²) in [6.07, 6.45) is 0. The van der Waals surface area contributed by atoms with Crippen molar-refractivity contribution < 1.29 is 9.59 Å². The fraction of sp³-hybridized carbons (Fsp3) is 0.263. The van der Waals surface area contributed by atoms with Gasteiger partial charge in [0.1, 0.15) is 6.04 Å². The molecule has 1 fully saturated rings. The number of amides is 2. The van der Waals surface area contributed by atoms with Gasteiger partial charge in [-0.05, 0) is 43.7 Å². The van der Waals surface area contributed by atoms with Crippen LogP contribution >= 0.6 is 23.2 Å². The third-order valence-electron chi connectivity index (χ3n) is 4.49. The van der Waals surface area contributed by atoms with Gasteiger partial charge in [0.2, 0.25) is 5.91 Å². The van der Waals surface area contributed by atoms with E-state index in [1.807, 2.05) is 19.1 Å². The van der Waals surface area contributed by atoms with Crippen molar-refractivity contribution in [2.75, 3.05) is 18.0 Å². The Bertz CT molecular complexity index is 838. The van der Waals surface area contributed by atoms with Crippen LogP contribution in [-0.2, 0) is 4.79 Å². The molecule has 1 aliphatic heterocycles. The summed E-state index contributed by atoms with van der Waals surface area (Å²) < 4.78 is 0. The number of aryl methyl sites for hydroxylation is 1. The van der Waals surface area contributed by atoms with E-state index >= 15 is 0 Å². The number of rotatable bonds is 2. The van der Waals surface area contributed by atoms with Gasteiger partial charge in [-0.15, -0.1) is 0 Å². The van der Waals surface area contributed by atoms with E-state index in [-0.39, 0.29) is 11.8 Å². The normalized spacial score (nSPS) is 17.8. The highest BCUT2D eigenvalue weighted by atomic mass is 35.5. The second-order valence-corrected chi connectivity index (χ2v) is 6.89. The van der Waals surface area contributed by atoms with Gasteiger partial charge in [-0.25, -0.2) is 0 Å². The Balaban J connectivity index is 1.83. The smallest absolute Gasteiger partial charge is 0.256 e. The van der Waals surface area contributed by atoms with Crippen LogP contribution in [0.1, 0.15) is 22.8 Å². The third kappa shape index (κ3) is 3.37. The molecule has 0 unspecified atom stereocenters. The van der Waals surface area contributed by atoms with Crippen LogP contribution in [-0.4, -0.2) is 35.8 Å². The first-order valence-electron chi connectivity index (χ1n) is 8.03. The van der Waals surface area contributed by atoms with Crippen molar-refractivity contribution in [2.45, 2.75) is 19.9 Å². The van der Waals surface area contributed by atoms with Crippen LogP contribution < -0.4 is 4.90 Å². The minimum atomic E-state index is -0.572. The summed E-state index contributed by atoms with van der Waals surface area (Å²) >= 11 is 12.3. The first-order valence-corrected chi connectivity index (χ1v) is 8.79. The lowest BCUT2D eigenvalue weighted by molar-refractivity contribution is -0.124. The Morgan fingerprint density at radius 1 is 1.08 bits per heavy atom. The zero-order valence-electron chi connectivity index (χ0n) is 14.0. The quantitative estimate of drug-likeness (QED) is 0.788. The van der Waals surface area contributed by atoms with Crippen molar-refractivity contribution >= 4 is 40.7 Å². The summed E-state index contributed by atoms with van der Waals surface area (Å²) in [7, 11) is 0. The molecule has 0 radical (unpaired) electrons. The van der Waals surface area contributed by atoms with Gasteiger partial charge < -0.3 is 9.80 Å². The van der Waals surface area contributed by atoms with E-state index in [9.17, 15) is 9.59 Å². The maximum absolute atomic E-state index is 12.8. The number of anilines is 1. The van der Waals surface area contributed by atoms with Gasteiger partial charge in [0.25, 0.3) is 5.91 Å². The molecule has 0 aromatic heterocycles. The average Bonchev–Trinajstić information content (AvgIpc) is 2.60. The van der Waals surface area contributed by atoms with Gasteiger partial charge in [0.05, 0.1) is 10.6 Å². The average molecular weight is 377 g/mol. The molecule has 0 aliphatic carbocycles. The minimum Gasteiger partial charge on any atom is -0.325 e. The molecule has 2 aromatic carbocycles. The van der Waals surface area contributed by atoms with Crippen molar-refractivity contribution in [1.82, 2.24) is 4.90 Å². The van der Waals surface area contributed by atoms with Crippen molar-refractivity contribution in [3.63, 3.8) is 0 Å². The monoisotopic (exact) mass is 376 g/mol. The van der Waals surface area contributed by atoms with Crippen LogP contribution in [0.5, 0.6) is 0 Å². The summed E-state index contributed by atoms with van der Waals surface area (Å²) in [5.74, 6) is -0.361. The zero-order chi connectivity index (χ0) is 18.1. The maximum atomic E-state index is 12.8. The molecule has 0 bridgehead atoms. The maximum Gasteiger partial charge on any atom is 0.256 e. The summed E-state index contributed by atoms with van der Waals surface area (Å²) in [6, 6.07) is 11.8. The lowest BCUT2D eigenvalue weighted by Gasteiger charge is -2.39. The van der Waals surface area contributed by atoms with Gasteiger partial charge in [-0.3, -0.25) is 9.59 Å². The first kappa shape index (κ1) is 17.8. The minimum absolute atomic E-state index is 0.133. The molecule has 1 aliphatic rings. The van der Waals surface area contributed by atoms with Crippen LogP contribution in [0.3, 0.4) is 0 Å². The molecule has 2 amide bonds. The number of hydrogen-bond acceptors (Lipinski definition) is 2. The van der Waals surface area contributed by atoms with Gasteiger partial charge in [-0.1, -0.05) is 41.4 Å². The van der Waals surface area contributed by atoms with Gasteiger partial charge in [0, 0.05) is 23.8 Å². The summed E-state index contributed by atoms with van der Waals surface area (Å²) in [5, 5.41) is 1.01. The Morgan fingerprint density at radius 3 is 2.48 bits per heavy atom. The predicted molar refractivity (Wildman–Crippen MR) is 100 cm³/mol. The molecule has 3 rings (SSSR count). The molecule has 25 heavy (non-hydrogen) atoms. The summed E-state index contributed by atoms with van der Waals surface area (Å²) in [5.41, 5.74) is 2.12. The fourth-order valence-corrected chi connectivity index (χ4v) is 3.33. The number of piperazine rings is 1. The molecule has 6 heteroatoms. The van der Waals surface area contributed by atoms with Crippen molar-refractivity contribution in [3.8, 4) is 0 Å². The largest absolute Gasteiger partial charge is 0.325 e. The molecule has 1 heterocycles. The fourth-order valence-electron chi connectivity index (χ4n) is 2.94. The van der Waals surface area contributed by atoms with E-state index in [1.165, 1.54) is 0 Å².